The Labute approximate surface area is 126 Å². The van der Waals surface area contributed by atoms with E-state index in [1.165, 1.54) is 0 Å². The molecule has 1 aliphatic carbocycles. The molecule has 4 nitrogen and oxygen atoms in total. The summed E-state index contributed by atoms with van der Waals surface area (Å²) in [5.41, 5.74) is 1.11. The Balaban J connectivity index is 1.72. The van der Waals surface area contributed by atoms with Crippen LogP contribution < -0.4 is 5.32 Å². The molecule has 0 radical (unpaired) electrons. The van der Waals surface area contributed by atoms with Gasteiger partial charge in [0, 0.05) is 23.5 Å². The molecule has 1 heterocycles. The Hall–Kier alpha value is -1.36. The van der Waals surface area contributed by atoms with Crippen LogP contribution in [-0.4, -0.2) is 28.8 Å². The third-order valence-corrected chi connectivity index (χ3v) is 4.30. The first kappa shape index (κ1) is 13.6. The Kier molecular flexibility index (Phi) is 3.78. The fourth-order valence-corrected chi connectivity index (χ4v) is 3.05. The van der Waals surface area contributed by atoms with Gasteiger partial charge in [-0.3, -0.25) is 9.59 Å². The van der Waals surface area contributed by atoms with Crippen LogP contribution in [0.15, 0.2) is 28.7 Å². The van der Waals surface area contributed by atoms with Crippen molar-refractivity contribution in [2.45, 2.75) is 44.3 Å². The highest BCUT2D eigenvalue weighted by molar-refractivity contribution is 9.10. The number of rotatable bonds is 4. The lowest BCUT2D eigenvalue weighted by atomic mass is 10.1. The summed E-state index contributed by atoms with van der Waals surface area (Å²) in [7, 11) is 0. The molecule has 2 fully saturated rings. The number of benzene rings is 1. The summed E-state index contributed by atoms with van der Waals surface area (Å²) < 4.78 is 1.02. The van der Waals surface area contributed by atoms with Crippen LogP contribution in [0, 0.1) is 0 Å². The number of carbonyl (C=O) groups is 2. The van der Waals surface area contributed by atoms with Crippen LogP contribution in [0.5, 0.6) is 0 Å². The van der Waals surface area contributed by atoms with Crippen LogP contribution in [-0.2, 0) is 16.1 Å². The van der Waals surface area contributed by atoms with Crippen molar-refractivity contribution in [1.82, 2.24) is 10.2 Å². The molecular weight excluding hydrogens is 320 g/mol. The molecule has 1 atom stereocenters. The lowest BCUT2D eigenvalue weighted by molar-refractivity contribution is -0.135. The first-order chi connectivity index (χ1) is 9.63. The zero-order valence-corrected chi connectivity index (χ0v) is 12.7. The molecule has 1 aromatic carbocycles. The highest BCUT2D eigenvalue weighted by Gasteiger charge is 2.38. The van der Waals surface area contributed by atoms with Gasteiger partial charge in [0.05, 0.1) is 0 Å². The van der Waals surface area contributed by atoms with Gasteiger partial charge in [-0.2, -0.15) is 0 Å². The second-order valence-corrected chi connectivity index (χ2v) is 6.40. The third-order valence-electron chi connectivity index (χ3n) is 3.81. The SMILES string of the molecule is O=C1CC[C@H](C(=O)N(Cc2cccc(Br)c2)C2CC2)N1. The van der Waals surface area contributed by atoms with Gasteiger partial charge in [0.1, 0.15) is 6.04 Å². The van der Waals surface area contributed by atoms with Crippen molar-refractivity contribution in [3.63, 3.8) is 0 Å². The summed E-state index contributed by atoms with van der Waals surface area (Å²) in [6.07, 6.45) is 3.23. The Bertz CT molecular complexity index is 542. The number of hydrogen-bond donors (Lipinski definition) is 1. The largest absolute Gasteiger partial charge is 0.344 e. The Morgan fingerprint density at radius 2 is 2.15 bits per heavy atom. The molecule has 1 saturated heterocycles. The molecule has 0 aromatic heterocycles. The second-order valence-electron chi connectivity index (χ2n) is 5.49. The van der Waals surface area contributed by atoms with Crippen LogP contribution in [0.1, 0.15) is 31.2 Å². The summed E-state index contributed by atoms with van der Waals surface area (Å²) in [4.78, 5) is 25.8. The number of nitrogens with zero attached hydrogens (tertiary/aromatic N) is 1. The Morgan fingerprint density at radius 1 is 1.35 bits per heavy atom. The molecular formula is C15H17BrN2O2. The highest BCUT2D eigenvalue weighted by atomic mass is 79.9. The first-order valence-corrected chi connectivity index (χ1v) is 7.77. The van der Waals surface area contributed by atoms with Crippen LogP contribution in [0.25, 0.3) is 0 Å². The van der Waals surface area contributed by atoms with E-state index in [1.54, 1.807) is 0 Å². The third kappa shape index (κ3) is 3.03. The van der Waals surface area contributed by atoms with E-state index >= 15 is 0 Å². The summed E-state index contributed by atoms with van der Waals surface area (Å²) in [6.45, 7) is 0.620. The number of amides is 2. The molecule has 20 heavy (non-hydrogen) atoms. The smallest absolute Gasteiger partial charge is 0.245 e. The fourth-order valence-electron chi connectivity index (χ4n) is 2.60. The van der Waals surface area contributed by atoms with Crippen molar-refractivity contribution in [3.05, 3.63) is 34.3 Å². The predicted octanol–water partition coefficient (Wildman–Crippen LogP) is 2.22. The average Bonchev–Trinajstić information content (AvgIpc) is 3.17. The molecule has 1 saturated carbocycles. The van der Waals surface area contributed by atoms with Gasteiger partial charge >= 0.3 is 0 Å². The summed E-state index contributed by atoms with van der Waals surface area (Å²) >= 11 is 3.46. The van der Waals surface area contributed by atoms with Gasteiger partial charge in [0.15, 0.2) is 0 Å². The van der Waals surface area contributed by atoms with E-state index in [2.05, 4.69) is 21.2 Å². The maximum Gasteiger partial charge on any atom is 0.245 e. The molecule has 0 unspecified atom stereocenters. The molecule has 1 aromatic rings. The molecule has 2 aliphatic rings. The number of halogens is 1. The van der Waals surface area contributed by atoms with Crippen LogP contribution in [0.4, 0.5) is 0 Å². The van der Waals surface area contributed by atoms with Gasteiger partial charge in [-0.25, -0.2) is 0 Å². The minimum absolute atomic E-state index is 0.0125. The zero-order chi connectivity index (χ0) is 14.1. The average molecular weight is 337 g/mol. The molecule has 2 amide bonds. The van der Waals surface area contributed by atoms with Crippen molar-refractivity contribution >= 4 is 27.7 Å². The predicted molar refractivity (Wildman–Crippen MR) is 78.9 cm³/mol. The van der Waals surface area contributed by atoms with E-state index in [0.29, 0.717) is 25.4 Å². The van der Waals surface area contributed by atoms with Gasteiger partial charge in [0.2, 0.25) is 11.8 Å². The molecule has 0 spiro atoms. The van der Waals surface area contributed by atoms with Crippen molar-refractivity contribution in [2.24, 2.45) is 0 Å². The molecule has 5 heteroatoms. The van der Waals surface area contributed by atoms with Crippen molar-refractivity contribution in [1.29, 1.82) is 0 Å². The quantitative estimate of drug-likeness (QED) is 0.916. The monoisotopic (exact) mass is 336 g/mol. The van der Waals surface area contributed by atoms with E-state index in [9.17, 15) is 9.59 Å². The minimum atomic E-state index is -0.324. The fraction of sp³-hybridized carbons (Fsp3) is 0.467. The van der Waals surface area contributed by atoms with Crippen LogP contribution >= 0.6 is 15.9 Å². The van der Waals surface area contributed by atoms with Gasteiger partial charge < -0.3 is 10.2 Å². The normalized spacial score (nSPS) is 21.6. The van der Waals surface area contributed by atoms with E-state index < -0.39 is 0 Å². The van der Waals surface area contributed by atoms with E-state index in [0.717, 1.165) is 22.9 Å². The van der Waals surface area contributed by atoms with Gasteiger partial charge in [-0.1, -0.05) is 28.1 Å². The molecule has 106 valence electrons. The minimum Gasteiger partial charge on any atom is -0.344 e. The van der Waals surface area contributed by atoms with Gasteiger partial charge in [-0.05, 0) is 37.0 Å². The molecule has 0 bridgehead atoms. The zero-order valence-electron chi connectivity index (χ0n) is 11.1. The first-order valence-electron chi connectivity index (χ1n) is 6.98. The van der Waals surface area contributed by atoms with E-state index in [4.69, 9.17) is 0 Å². The lowest BCUT2D eigenvalue weighted by Gasteiger charge is -2.25. The number of hydrogen-bond acceptors (Lipinski definition) is 2. The van der Waals surface area contributed by atoms with E-state index in [-0.39, 0.29) is 17.9 Å². The standard InChI is InChI=1S/C15H17BrN2O2/c16-11-3-1-2-10(8-11)9-18(12-4-5-12)15(20)13-6-7-14(19)17-13/h1-3,8,12-13H,4-7,9H2,(H,17,19)/t13-/m1/s1. The Morgan fingerprint density at radius 3 is 2.75 bits per heavy atom. The maximum absolute atomic E-state index is 12.6. The topological polar surface area (TPSA) is 49.4 Å². The van der Waals surface area contributed by atoms with Gasteiger partial charge in [0.25, 0.3) is 0 Å². The van der Waals surface area contributed by atoms with Gasteiger partial charge in [-0.15, -0.1) is 0 Å². The summed E-state index contributed by atoms with van der Waals surface area (Å²) in [5.74, 6) is 0.0554. The van der Waals surface area contributed by atoms with Crippen molar-refractivity contribution in [2.75, 3.05) is 0 Å². The molecule has 3 rings (SSSR count). The van der Waals surface area contributed by atoms with Crippen LogP contribution in [0.2, 0.25) is 0 Å². The molecule has 1 N–H and O–H groups in total. The number of carbonyl (C=O) groups excluding carboxylic acids is 2. The lowest BCUT2D eigenvalue weighted by Crippen LogP contribution is -2.45. The van der Waals surface area contributed by atoms with Crippen molar-refractivity contribution < 1.29 is 9.59 Å². The highest BCUT2D eigenvalue weighted by Crippen LogP contribution is 2.30. The summed E-state index contributed by atoms with van der Waals surface area (Å²) in [6, 6.07) is 8.04. The maximum atomic E-state index is 12.6. The van der Waals surface area contributed by atoms with Crippen LogP contribution in [0.3, 0.4) is 0 Å². The second kappa shape index (κ2) is 5.56. The summed E-state index contributed by atoms with van der Waals surface area (Å²) in [5, 5.41) is 2.77. The van der Waals surface area contributed by atoms with E-state index in [1.807, 2.05) is 29.2 Å². The number of nitrogens with one attached hydrogen (secondary N) is 1. The van der Waals surface area contributed by atoms with Crippen molar-refractivity contribution in [3.8, 4) is 0 Å². The molecule has 1 aliphatic heterocycles.